The molecule has 2 aliphatic heterocycles. The van der Waals surface area contributed by atoms with Crippen molar-refractivity contribution in [2.45, 2.75) is 64.1 Å². The minimum absolute atomic E-state index is 0.00269. The van der Waals surface area contributed by atoms with Gasteiger partial charge in [0, 0.05) is 61.5 Å². The third kappa shape index (κ3) is 6.42. The normalized spacial score (nSPS) is 18.0. The van der Waals surface area contributed by atoms with Gasteiger partial charge in [-0.3, -0.25) is 0 Å². The second-order valence-electron chi connectivity index (χ2n) is 12.2. The van der Waals surface area contributed by atoms with Gasteiger partial charge in [0.15, 0.2) is 0 Å². The molecule has 0 radical (unpaired) electrons. The molecule has 1 fully saturated rings. The molecule has 220 valence electrons. The van der Waals surface area contributed by atoms with E-state index >= 15 is 0 Å². The van der Waals surface area contributed by atoms with E-state index in [4.69, 9.17) is 9.97 Å². The molecule has 2 aliphatic rings. The summed E-state index contributed by atoms with van der Waals surface area (Å²) in [5.41, 5.74) is 3.28. The van der Waals surface area contributed by atoms with Crippen LogP contribution in [0.1, 0.15) is 56.0 Å². The van der Waals surface area contributed by atoms with Crippen LogP contribution in [0.4, 0.5) is 36.4 Å². The van der Waals surface area contributed by atoms with Crippen LogP contribution in [0.5, 0.6) is 0 Å². The lowest BCUT2D eigenvalue weighted by molar-refractivity contribution is -0.137. The van der Waals surface area contributed by atoms with Crippen molar-refractivity contribution in [3.8, 4) is 0 Å². The summed E-state index contributed by atoms with van der Waals surface area (Å²) in [6.07, 6.45) is 0.138. The lowest BCUT2D eigenvalue weighted by Crippen LogP contribution is -2.32. The minimum atomic E-state index is -4.47. The Morgan fingerprint density at radius 3 is 2.39 bits per heavy atom. The molecule has 0 aliphatic carbocycles. The molecule has 0 bridgehead atoms. The Morgan fingerprint density at radius 2 is 1.73 bits per heavy atom. The van der Waals surface area contributed by atoms with Crippen LogP contribution < -0.4 is 15.1 Å². The summed E-state index contributed by atoms with van der Waals surface area (Å²) in [6.45, 7) is 9.27. The number of benzene rings is 1. The average molecular weight is 568 g/mol. The Hall–Kier alpha value is -3.40. The van der Waals surface area contributed by atoms with Gasteiger partial charge in [0.25, 0.3) is 0 Å². The van der Waals surface area contributed by atoms with Gasteiger partial charge in [0.05, 0.1) is 11.3 Å². The third-order valence-electron chi connectivity index (χ3n) is 8.17. The maximum Gasteiger partial charge on any atom is 0.419 e. The second-order valence-corrected chi connectivity index (χ2v) is 12.2. The smallest absolute Gasteiger partial charge is 0.355 e. The molecule has 10 heteroatoms. The highest BCUT2D eigenvalue weighted by molar-refractivity contribution is 5.63. The number of hydrogen-bond donors (Lipinski definition) is 1. The summed E-state index contributed by atoms with van der Waals surface area (Å²) < 4.78 is 41.4. The van der Waals surface area contributed by atoms with E-state index < -0.39 is 11.7 Å². The first kappa shape index (κ1) is 29.1. The van der Waals surface area contributed by atoms with Crippen molar-refractivity contribution in [1.82, 2.24) is 19.9 Å². The number of likely N-dealkylation sites (N-methyl/N-ethyl adjacent to an activating group) is 1. The number of anilines is 4. The summed E-state index contributed by atoms with van der Waals surface area (Å²) in [7, 11) is 4.16. The number of pyridine rings is 1. The molecule has 1 saturated heterocycles. The van der Waals surface area contributed by atoms with Crippen LogP contribution in [0.3, 0.4) is 0 Å². The molecule has 0 saturated carbocycles. The fourth-order valence-electron chi connectivity index (χ4n) is 6.15. The van der Waals surface area contributed by atoms with Crippen molar-refractivity contribution >= 4 is 23.3 Å². The predicted molar refractivity (Wildman–Crippen MR) is 158 cm³/mol. The number of rotatable bonds is 7. The van der Waals surface area contributed by atoms with Crippen molar-refractivity contribution in [3.05, 3.63) is 65.0 Å². The molecular formula is C31H40F3N7. The lowest BCUT2D eigenvalue weighted by Gasteiger charge is -2.29. The number of alkyl halides is 3. The van der Waals surface area contributed by atoms with Crippen LogP contribution in [-0.4, -0.2) is 66.2 Å². The highest BCUT2D eigenvalue weighted by Gasteiger charge is 2.36. The minimum Gasteiger partial charge on any atom is -0.355 e. The van der Waals surface area contributed by atoms with Crippen LogP contribution in [-0.2, 0) is 24.4 Å². The van der Waals surface area contributed by atoms with Crippen molar-refractivity contribution in [2.75, 3.05) is 55.4 Å². The maximum atomic E-state index is 13.8. The molecule has 3 aromatic rings. The van der Waals surface area contributed by atoms with Crippen molar-refractivity contribution in [2.24, 2.45) is 0 Å². The number of halogens is 3. The van der Waals surface area contributed by atoms with Gasteiger partial charge in [-0.2, -0.15) is 18.2 Å². The Morgan fingerprint density at radius 1 is 1.00 bits per heavy atom. The van der Waals surface area contributed by atoms with E-state index in [2.05, 4.69) is 79.2 Å². The van der Waals surface area contributed by atoms with Crippen molar-refractivity contribution in [1.29, 1.82) is 0 Å². The first-order chi connectivity index (χ1) is 19.4. The van der Waals surface area contributed by atoms with E-state index in [9.17, 15) is 13.2 Å². The number of hydrogen-bond acceptors (Lipinski definition) is 7. The van der Waals surface area contributed by atoms with Crippen LogP contribution in [0, 0.1) is 0 Å². The molecule has 4 heterocycles. The topological polar surface area (TPSA) is 60.4 Å². The predicted octanol–water partition coefficient (Wildman–Crippen LogP) is 6.07. The van der Waals surface area contributed by atoms with Gasteiger partial charge in [-0.1, -0.05) is 26.0 Å². The standard InChI is InChI=1S/C31H40F3N7/c1-21-8-7-17-41(21)29-37-26-15-19-40(28-25(31(32,33)34)9-6-16-35-28)18-14-24(26)27(38-29)36-23-12-10-22(11-13-23)30(2,3)20-39(4)5/h6,9-13,16,21H,7-8,14-15,17-20H2,1-5H3,(H,36,37,38). The fourth-order valence-corrected chi connectivity index (χ4v) is 6.15. The highest BCUT2D eigenvalue weighted by Crippen LogP contribution is 2.37. The molecule has 5 rings (SSSR count). The molecule has 41 heavy (non-hydrogen) atoms. The average Bonchev–Trinajstić information content (AvgIpc) is 3.22. The van der Waals surface area contributed by atoms with Crippen LogP contribution in [0.2, 0.25) is 0 Å². The number of fused-ring (bicyclic) bond motifs is 1. The molecule has 1 N–H and O–H groups in total. The SMILES string of the molecule is CC1CCCN1c1nc2c(c(Nc3ccc(C(C)(C)CN(C)C)cc3)n1)CCN(c1ncccc1C(F)(F)F)CC2. The quantitative estimate of drug-likeness (QED) is 0.372. The molecule has 1 aromatic carbocycles. The van der Waals surface area contributed by atoms with Gasteiger partial charge < -0.3 is 20.0 Å². The van der Waals surface area contributed by atoms with E-state index in [1.54, 1.807) is 4.90 Å². The molecule has 0 spiro atoms. The number of aromatic nitrogens is 3. The number of nitrogens with zero attached hydrogens (tertiary/aromatic N) is 6. The maximum absolute atomic E-state index is 13.8. The van der Waals surface area contributed by atoms with E-state index in [-0.39, 0.29) is 11.2 Å². The zero-order valence-electron chi connectivity index (χ0n) is 24.6. The van der Waals surface area contributed by atoms with Crippen molar-refractivity contribution in [3.63, 3.8) is 0 Å². The van der Waals surface area contributed by atoms with Crippen LogP contribution in [0.15, 0.2) is 42.6 Å². The van der Waals surface area contributed by atoms with Gasteiger partial charge >= 0.3 is 6.18 Å². The number of nitrogens with one attached hydrogen (secondary N) is 1. The Kier molecular flexibility index (Phi) is 8.14. The Bertz CT molecular complexity index is 1350. The summed E-state index contributed by atoms with van der Waals surface area (Å²) in [5, 5.41) is 3.55. The Labute approximate surface area is 240 Å². The summed E-state index contributed by atoms with van der Waals surface area (Å²) in [4.78, 5) is 20.3. The van der Waals surface area contributed by atoms with Crippen LogP contribution in [0.25, 0.3) is 0 Å². The monoisotopic (exact) mass is 567 g/mol. The molecule has 7 nitrogen and oxygen atoms in total. The van der Waals surface area contributed by atoms with E-state index in [0.717, 1.165) is 54.8 Å². The summed E-state index contributed by atoms with van der Waals surface area (Å²) in [5.74, 6) is 1.38. The van der Waals surface area contributed by atoms with Crippen molar-refractivity contribution < 1.29 is 13.2 Å². The zero-order chi connectivity index (χ0) is 29.4. The molecule has 2 aromatic heterocycles. The molecule has 1 atom stereocenters. The molecule has 0 amide bonds. The summed E-state index contributed by atoms with van der Waals surface area (Å²) in [6, 6.07) is 11.2. The lowest BCUT2D eigenvalue weighted by atomic mass is 9.84. The summed E-state index contributed by atoms with van der Waals surface area (Å²) >= 11 is 0. The van der Waals surface area contributed by atoms with Gasteiger partial charge in [-0.25, -0.2) is 9.97 Å². The Balaban J connectivity index is 1.46. The van der Waals surface area contributed by atoms with E-state index in [0.29, 0.717) is 37.9 Å². The first-order valence-electron chi connectivity index (χ1n) is 14.4. The van der Waals surface area contributed by atoms with Gasteiger partial charge in [-0.15, -0.1) is 0 Å². The molecule has 1 unspecified atom stereocenters. The van der Waals surface area contributed by atoms with Crippen LogP contribution >= 0.6 is 0 Å². The van der Waals surface area contributed by atoms with E-state index in [1.165, 1.54) is 17.8 Å². The second kappa shape index (κ2) is 11.5. The van der Waals surface area contributed by atoms with E-state index in [1.807, 2.05) is 0 Å². The zero-order valence-corrected chi connectivity index (χ0v) is 24.6. The van der Waals surface area contributed by atoms with Gasteiger partial charge in [0.1, 0.15) is 11.6 Å². The fraction of sp³-hybridized carbons (Fsp3) is 0.516. The van der Waals surface area contributed by atoms with Gasteiger partial charge in [-0.05, 0) is 70.1 Å². The first-order valence-corrected chi connectivity index (χ1v) is 14.4. The largest absolute Gasteiger partial charge is 0.419 e. The van der Waals surface area contributed by atoms with Gasteiger partial charge in [0.2, 0.25) is 5.95 Å². The molecular weight excluding hydrogens is 527 g/mol. The third-order valence-corrected chi connectivity index (χ3v) is 8.17. The highest BCUT2D eigenvalue weighted by atomic mass is 19.4.